The van der Waals surface area contributed by atoms with Crippen molar-refractivity contribution in [2.45, 2.75) is 18.9 Å². The lowest BCUT2D eigenvalue weighted by atomic mass is 10.1. The van der Waals surface area contributed by atoms with Crippen LogP contribution in [0.2, 0.25) is 0 Å². The Bertz CT molecular complexity index is 1310. The second kappa shape index (κ2) is 11.4. The standard InChI is InChI=1S/C28H33FN8O2/c1-38-25-7-10-36(11-8-25)28-31-19-37(34-28)23-4-2-22(3-5-23)32-27-30-9-6-26(33-27)20-16-21(29)18-24(17-20)35-12-14-39-15-13-35/h2-6,9,16-18,25H,7-8,10-15,19H2,1H3,(H,31,34)(H,30,32,33). The minimum Gasteiger partial charge on any atom is -0.381 e. The SMILES string of the molecule is COC1CCN(C2=NCN(c3ccc(Nc4nccc(-c5cc(F)cc(N6CCOCC6)c5)n4)cc3)N2)CC1. The number of hydrogen-bond donors (Lipinski definition) is 2. The Morgan fingerprint density at radius 2 is 1.77 bits per heavy atom. The van der Waals surface area contributed by atoms with Gasteiger partial charge in [-0.3, -0.25) is 10.4 Å². The van der Waals surface area contributed by atoms with Crippen molar-refractivity contribution in [1.82, 2.24) is 20.3 Å². The molecule has 0 saturated carbocycles. The number of piperidine rings is 1. The van der Waals surface area contributed by atoms with E-state index >= 15 is 0 Å². The van der Waals surface area contributed by atoms with Crippen LogP contribution in [-0.2, 0) is 9.47 Å². The van der Waals surface area contributed by atoms with Gasteiger partial charge >= 0.3 is 0 Å². The summed E-state index contributed by atoms with van der Waals surface area (Å²) in [6.07, 6.45) is 4.04. The number of aromatic nitrogens is 2. The van der Waals surface area contributed by atoms with E-state index < -0.39 is 0 Å². The fourth-order valence-corrected chi connectivity index (χ4v) is 5.11. The van der Waals surface area contributed by atoms with E-state index in [2.05, 4.69) is 35.5 Å². The molecule has 0 atom stereocenters. The van der Waals surface area contributed by atoms with Crippen LogP contribution in [0.1, 0.15) is 12.8 Å². The zero-order valence-electron chi connectivity index (χ0n) is 22.0. The molecule has 3 aliphatic rings. The second-order valence-electron chi connectivity index (χ2n) is 9.82. The molecule has 3 aliphatic heterocycles. The number of likely N-dealkylation sites (tertiary alicyclic amines) is 1. The molecule has 39 heavy (non-hydrogen) atoms. The van der Waals surface area contributed by atoms with Gasteiger partial charge in [0.25, 0.3) is 0 Å². The number of ether oxygens (including phenoxy) is 2. The van der Waals surface area contributed by atoms with Gasteiger partial charge in [0, 0.05) is 56.4 Å². The Kier molecular flexibility index (Phi) is 7.42. The molecule has 2 N–H and O–H groups in total. The predicted molar refractivity (Wildman–Crippen MR) is 150 cm³/mol. The normalized spacial score (nSPS) is 18.2. The number of hydrazine groups is 1. The van der Waals surface area contributed by atoms with Crippen LogP contribution in [0.15, 0.2) is 59.7 Å². The molecule has 1 aromatic heterocycles. The summed E-state index contributed by atoms with van der Waals surface area (Å²) < 4.78 is 25.4. The first-order chi connectivity index (χ1) is 19.1. The molecule has 0 amide bonds. The molecule has 0 spiro atoms. The molecule has 2 aromatic carbocycles. The fourth-order valence-electron chi connectivity index (χ4n) is 5.11. The minimum absolute atomic E-state index is 0.292. The molecule has 10 nitrogen and oxygen atoms in total. The molecule has 4 heterocycles. The summed E-state index contributed by atoms with van der Waals surface area (Å²) in [5.41, 5.74) is 7.47. The molecule has 11 heteroatoms. The van der Waals surface area contributed by atoms with Gasteiger partial charge in [-0.2, -0.15) is 0 Å². The van der Waals surface area contributed by atoms with Gasteiger partial charge in [-0.15, -0.1) is 0 Å². The Balaban J connectivity index is 1.09. The van der Waals surface area contributed by atoms with Crippen LogP contribution in [-0.4, -0.2) is 80.1 Å². The van der Waals surface area contributed by atoms with Crippen molar-refractivity contribution in [3.05, 3.63) is 60.5 Å². The summed E-state index contributed by atoms with van der Waals surface area (Å²) in [5.74, 6) is 1.06. The van der Waals surface area contributed by atoms with Crippen molar-refractivity contribution in [2.75, 3.05) is 68.4 Å². The molecule has 0 bridgehead atoms. The van der Waals surface area contributed by atoms with Gasteiger partial charge in [-0.05, 0) is 61.4 Å². The highest BCUT2D eigenvalue weighted by molar-refractivity contribution is 5.84. The molecule has 0 aliphatic carbocycles. The smallest absolute Gasteiger partial charge is 0.227 e. The van der Waals surface area contributed by atoms with Crippen molar-refractivity contribution < 1.29 is 13.9 Å². The number of guanidine groups is 1. The molecule has 2 fully saturated rings. The number of rotatable bonds is 6. The van der Waals surface area contributed by atoms with Crippen molar-refractivity contribution >= 4 is 29.0 Å². The van der Waals surface area contributed by atoms with Crippen LogP contribution in [0.25, 0.3) is 11.3 Å². The van der Waals surface area contributed by atoms with Crippen LogP contribution < -0.4 is 20.7 Å². The Morgan fingerprint density at radius 1 is 0.974 bits per heavy atom. The minimum atomic E-state index is -0.292. The summed E-state index contributed by atoms with van der Waals surface area (Å²) in [6, 6.07) is 14.8. The fraction of sp³-hybridized carbons (Fsp3) is 0.393. The lowest BCUT2D eigenvalue weighted by Gasteiger charge is -2.33. The summed E-state index contributed by atoms with van der Waals surface area (Å²) >= 11 is 0. The highest BCUT2D eigenvalue weighted by Gasteiger charge is 2.25. The third-order valence-corrected chi connectivity index (χ3v) is 7.32. The maximum atomic E-state index is 14.5. The lowest BCUT2D eigenvalue weighted by Crippen LogP contribution is -2.48. The van der Waals surface area contributed by atoms with Gasteiger partial charge in [-0.1, -0.05) is 0 Å². The third kappa shape index (κ3) is 5.89. The van der Waals surface area contributed by atoms with E-state index in [1.807, 2.05) is 35.3 Å². The first kappa shape index (κ1) is 25.3. The molecule has 3 aromatic rings. The maximum absolute atomic E-state index is 14.5. The number of aliphatic imine (C=N–C) groups is 1. The molecule has 204 valence electrons. The van der Waals surface area contributed by atoms with E-state index in [1.165, 1.54) is 6.07 Å². The first-order valence-electron chi connectivity index (χ1n) is 13.3. The van der Waals surface area contributed by atoms with Crippen LogP contribution in [0.5, 0.6) is 0 Å². The molecular weight excluding hydrogens is 499 g/mol. The van der Waals surface area contributed by atoms with E-state index in [4.69, 9.17) is 9.47 Å². The average Bonchev–Trinajstić information content (AvgIpc) is 3.48. The monoisotopic (exact) mass is 532 g/mol. The summed E-state index contributed by atoms with van der Waals surface area (Å²) in [7, 11) is 1.78. The Morgan fingerprint density at radius 3 is 2.54 bits per heavy atom. The van der Waals surface area contributed by atoms with Crippen LogP contribution in [0.3, 0.4) is 0 Å². The average molecular weight is 533 g/mol. The third-order valence-electron chi connectivity index (χ3n) is 7.32. The van der Waals surface area contributed by atoms with Crippen LogP contribution in [0, 0.1) is 5.82 Å². The molecule has 0 radical (unpaired) electrons. The first-order valence-corrected chi connectivity index (χ1v) is 13.3. The zero-order chi connectivity index (χ0) is 26.6. The largest absolute Gasteiger partial charge is 0.381 e. The molecule has 6 rings (SSSR count). The summed E-state index contributed by atoms with van der Waals surface area (Å²) in [5, 5.41) is 5.29. The summed E-state index contributed by atoms with van der Waals surface area (Å²) in [4.78, 5) is 18.1. The lowest BCUT2D eigenvalue weighted by molar-refractivity contribution is 0.0573. The number of halogens is 1. The molecule has 2 saturated heterocycles. The number of methoxy groups -OCH3 is 1. The van der Waals surface area contributed by atoms with E-state index in [0.29, 0.717) is 43.2 Å². The van der Waals surface area contributed by atoms with E-state index in [1.54, 1.807) is 25.4 Å². The number of nitrogens with zero attached hydrogens (tertiary/aromatic N) is 6. The Hall–Kier alpha value is -3.96. The van der Waals surface area contributed by atoms with E-state index in [9.17, 15) is 4.39 Å². The number of anilines is 4. The van der Waals surface area contributed by atoms with Gasteiger partial charge < -0.3 is 24.6 Å². The topological polar surface area (TPSA) is 90.4 Å². The quantitative estimate of drug-likeness (QED) is 0.494. The van der Waals surface area contributed by atoms with E-state index in [-0.39, 0.29) is 5.82 Å². The van der Waals surface area contributed by atoms with Gasteiger partial charge in [0.05, 0.1) is 30.7 Å². The van der Waals surface area contributed by atoms with Crippen molar-refractivity contribution in [2.24, 2.45) is 4.99 Å². The highest BCUT2D eigenvalue weighted by atomic mass is 19.1. The zero-order valence-corrected chi connectivity index (χ0v) is 22.0. The second-order valence-corrected chi connectivity index (χ2v) is 9.82. The number of hydrogen-bond acceptors (Lipinski definition) is 10. The predicted octanol–water partition coefficient (Wildman–Crippen LogP) is 3.61. The van der Waals surface area contributed by atoms with Crippen molar-refractivity contribution in [3.8, 4) is 11.3 Å². The van der Waals surface area contributed by atoms with Crippen molar-refractivity contribution in [3.63, 3.8) is 0 Å². The number of nitrogens with one attached hydrogen (secondary N) is 2. The van der Waals surface area contributed by atoms with Crippen LogP contribution >= 0.6 is 0 Å². The van der Waals surface area contributed by atoms with Gasteiger partial charge in [-0.25, -0.2) is 19.4 Å². The van der Waals surface area contributed by atoms with Crippen LogP contribution in [0.4, 0.5) is 27.4 Å². The van der Waals surface area contributed by atoms with Crippen molar-refractivity contribution in [1.29, 1.82) is 0 Å². The molecule has 0 unspecified atom stereocenters. The number of morpholine rings is 1. The maximum Gasteiger partial charge on any atom is 0.227 e. The van der Waals surface area contributed by atoms with Gasteiger partial charge in [0.1, 0.15) is 12.5 Å². The summed E-state index contributed by atoms with van der Waals surface area (Å²) in [6.45, 7) is 5.18. The highest BCUT2D eigenvalue weighted by Crippen LogP contribution is 2.27. The van der Waals surface area contributed by atoms with Gasteiger partial charge in [0.15, 0.2) is 0 Å². The number of benzene rings is 2. The van der Waals surface area contributed by atoms with E-state index in [0.717, 1.165) is 62.0 Å². The van der Waals surface area contributed by atoms with Gasteiger partial charge in [0.2, 0.25) is 11.9 Å². The Labute approximate surface area is 227 Å². The molecular formula is C28H33FN8O2.